The minimum Gasteiger partial charge on any atom is -0.352 e. The second-order valence-electron chi connectivity index (χ2n) is 7.34. The lowest BCUT2D eigenvalue weighted by Crippen LogP contribution is -2.49. The zero-order chi connectivity index (χ0) is 21.5. The molecule has 1 aliphatic carbocycles. The highest BCUT2D eigenvalue weighted by Crippen LogP contribution is 2.25. The van der Waals surface area contributed by atoms with Gasteiger partial charge in [-0.1, -0.05) is 23.7 Å². The number of hydrogen-bond donors (Lipinski definition) is 5. The number of carbonyl (C=O) groups excluding carboxylic acids is 2. The predicted octanol–water partition coefficient (Wildman–Crippen LogP) is 0.801. The number of aliphatic imine (C=N–C) groups is 2. The molecule has 3 heterocycles. The van der Waals surface area contributed by atoms with Crippen molar-refractivity contribution in [3.8, 4) is 0 Å². The summed E-state index contributed by atoms with van der Waals surface area (Å²) in [6.45, 7) is 0.522. The van der Waals surface area contributed by atoms with Gasteiger partial charge in [0.2, 0.25) is 11.9 Å². The Morgan fingerprint density at radius 3 is 2.84 bits per heavy atom. The van der Waals surface area contributed by atoms with Crippen LogP contribution < -0.4 is 26.7 Å². The van der Waals surface area contributed by atoms with Crippen LogP contribution in [0.15, 0.2) is 51.4 Å². The molecule has 0 radical (unpaired) electrons. The van der Waals surface area contributed by atoms with Gasteiger partial charge in [-0.05, 0) is 25.0 Å². The molecule has 5 rings (SSSR count). The number of amides is 3. The Labute approximate surface area is 181 Å². The quantitative estimate of drug-likeness (QED) is 0.346. The Bertz CT molecular complexity index is 1110. The van der Waals surface area contributed by atoms with Crippen LogP contribution in [0.1, 0.15) is 18.4 Å². The SMILES string of the molecule is O=C1NC(=O)/C(=C/C2=C3N=C(NCc4cccc(Cl)c4F)N=C(NC4CC4)N3NC2)N1. The van der Waals surface area contributed by atoms with E-state index >= 15 is 0 Å². The molecular weight excluding hydrogens is 427 g/mol. The van der Waals surface area contributed by atoms with Crippen LogP contribution in [-0.4, -0.2) is 41.5 Å². The highest BCUT2D eigenvalue weighted by Gasteiger charge is 2.34. The molecule has 1 saturated heterocycles. The molecule has 5 N–H and O–H groups in total. The van der Waals surface area contributed by atoms with Crippen LogP contribution in [0.5, 0.6) is 0 Å². The van der Waals surface area contributed by atoms with Crippen molar-refractivity contribution in [2.45, 2.75) is 25.4 Å². The van der Waals surface area contributed by atoms with Crippen molar-refractivity contribution < 1.29 is 14.0 Å². The van der Waals surface area contributed by atoms with E-state index in [2.05, 4.69) is 36.7 Å². The van der Waals surface area contributed by atoms with Gasteiger partial charge in [-0.3, -0.25) is 10.1 Å². The van der Waals surface area contributed by atoms with Gasteiger partial charge in [0.1, 0.15) is 11.5 Å². The molecule has 0 bridgehead atoms. The number of hydrogen-bond acceptors (Lipinski definition) is 8. The summed E-state index contributed by atoms with van der Waals surface area (Å²) in [7, 11) is 0. The monoisotopic (exact) mass is 444 g/mol. The van der Waals surface area contributed by atoms with Crippen LogP contribution in [0.2, 0.25) is 5.02 Å². The molecule has 31 heavy (non-hydrogen) atoms. The third kappa shape index (κ3) is 3.97. The Morgan fingerprint density at radius 2 is 2.10 bits per heavy atom. The number of fused-ring (bicyclic) bond motifs is 1. The second kappa shape index (κ2) is 7.67. The van der Waals surface area contributed by atoms with E-state index < -0.39 is 17.8 Å². The lowest BCUT2D eigenvalue weighted by molar-refractivity contribution is -0.115. The van der Waals surface area contributed by atoms with Crippen LogP contribution in [-0.2, 0) is 11.3 Å². The summed E-state index contributed by atoms with van der Waals surface area (Å²) >= 11 is 5.86. The fourth-order valence-corrected chi connectivity index (χ4v) is 3.45. The number of urea groups is 1. The van der Waals surface area contributed by atoms with Crippen molar-refractivity contribution in [1.29, 1.82) is 0 Å². The summed E-state index contributed by atoms with van der Waals surface area (Å²) in [5.74, 6) is 0.359. The molecule has 1 aromatic rings. The van der Waals surface area contributed by atoms with Crippen LogP contribution in [0.25, 0.3) is 0 Å². The normalized spacial score (nSPS) is 21.6. The smallest absolute Gasteiger partial charge is 0.326 e. The zero-order valence-corrected chi connectivity index (χ0v) is 16.9. The van der Waals surface area contributed by atoms with E-state index in [4.69, 9.17) is 11.6 Å². The first kappa shape index (κ1) is 19.5. The maximum absolute atomic E-state index is 14.2. The number of nitrogens with one attached hydrogen (secondary N) is 5. The van der Waals surface area contributed by atoms with Crippen LogP contribution in [0.3, 0.4) is 0 Å². The molecule has 3 amide bonds. The minimum absolute atomic E-state index is 0.0455. The molecule has 0 aromatic heterocycles. The number of rotatable bonds is 4. The van der Waals surface area contributed by atoms with E-state index in [1.807, 2.05) is 0 Å². The van der Waals surface area contributed by atoms with Gasteiger partial charge in [-0.15, -0.1) is 0 Å². The third-order valence-electron chi connectivity index (χ3n) is 4.98. The maximum atomic E-state index is 14.2. The van der Waals surface area contributed by atoms with Crippen molar-refractivity contribution in [2.75, 3.05) is 6.54 Å². The molecule has 0 spiro atoms. The van der Waals surface area contributed by atoms with Gasteiger partial charge in [0.15, 0.2) is 5.82 Å². The average Bonchev–Trinajstić information content (AvgIpc) is 3.37. The summed E-state index contributed by atoms with van der Waals surface area (Å²) < 4.78 is 14.2. The average molecular weight is 445 g/mol. The molecule has 10 nitrogen and oxygen atoms in total. The fraction of sp³-hybridized carbons (Fsp3) is 0.263. The Kier molecular flexibility index (Phi) is 4.83. The maximum Gasteiger partial charge on any atom is 0.326 e. The van der Waals surface area contributed by atoms with E-state index in [0.717, 1.165) is 12.8 Å². The molecule has 4 aliphatic rings. The molecule has 12 heteroatoms. The van der Waals surface area contributed by atoms with Gasteiger partial charge in [-0.2, -0.15) is 9.98 Å². The topological polar surface area (TPSA) is 122 Å². The minimum atomic E-state index is -0.569. The van der Waals surface area contributed by atoms with Crippen molar-refractivity contribution in [1.82, 2.24) is 31.7 Å². The fourth-order valence-electron chi connectivity index (χ4n) is 3.25. The highest BCUT2D eigenvalue weighted by atomic mass is 35.5. The van der Waals surface area contributed by atoms with E-state index in [9.17, 15) is 14.0 Å². The van der Waals surface area contributed by atoms with Crippen molar-refractivity contribution in [3.05, 3.63) is 57.8 Å². The summed E-state index contributed by atoms with van der Waals surface area (Å²) in [5.41, 5.74) is 4.38. The van der Waals surface area contributed by atoms with Gasteiger partial charge in [0, 0.05) is 30.3 Å². The lowest BCUT2D eigenvalue weighted by Gasteiger charge is -2.26. The number of carbonyl (C=O) groups is 2. The van der Waals surface area contributed by atoms with Crippen LogP contribution >= 0.6 is 11.6 Å². The molecule has 3 aliphatic heterocycles. The molecular formula is C19H18ClFN8O2. The lowest BCUT2D eigenvalue weighted by atomic mass is 10.2. The summed E-state index contributed by atoms with van der Waals surface area (Å²) in [6.07, 6.45) is 3.66. The first-order valence-corrected chi connectivity index (χ1v) is 10.1. The molecule has 0 unspecified atom stereocenters. The summed E-state index contributed by atoms with van der Waals surface area (Å²) in [6, 6.07) is 4.54. The zero-order valence-electron chi connectivity index (χ0n) is 16.1. The third-order valence-corrected chi connectivity index (χ3v) is 5.27. The van der Waals surface area contributed by atoms with Crippen LogP contribution in [0.4, 0.5) is 9.18 Å². The predicted molar refractivity (Wildman–Crippen MR) is 111 cm³/mol. The highest BCUT2D eigenvalue weighted by molar-refractivity contribution is 6.30. The van der Waals surface area contributed by atoms with E-state index in [1.165, 1.54) is 6.07 Å². The van der Waals surface area contributed by atoms with Crippen LogP contribution in [0, 0.1) is 5.82 Å². The first-order chi connectivity index (χ1) is 15.0. The summed E-state index contributed by atoms with van der Waals surface area (Å²) in [5, 5.41) is 12.8. The molecule has 0 atom stereocenters. The number of guanidine groups is 2. The number of hydrazine groups is 1. The van der Waals surface area contributed by atoms with E-state index in [1.54, 1.807) is 23.2 Å². The Hall–Kier alpha value is -3.44. The standard InChI is InChI=1S/C19H18ClFN8O2/c20-12-3-1-2-9(14(12)21)7-22-17-26-15-10(6-13-16(30)27-19(31)25-13)8-23-29(15)18(28-17)24-11-4-5-11/h1-3,6,11,23H,4-5,7-8H2,(H2,22,24,26,28)(H2,25,27,30,31)/b13-6-. The van der Waals surface area contributed by atoms with E-state index in [0.29, 0.717) is 35.5 Å². The Balaban J connectivity index is 1.44. The first-order valence-electron chi connectivity index (χ1n) is 9.69. The second-order valence-corrected chi connectivity index (χ2v) is 7.75. The van der Waals surface area contributed by atoms with Gasteiger partial charge in [0.05, 0.1) is 5.02 Å². The van der Waals surface area contributed by atoms with Gasteiger partial charge >= 0.3 is 6.03 Å². The molecule has 2 fully saturated rings. The number of nitrogens with zero attached hydrogens (tertiary/aromatic N) is 3. The van der Waals surface area contributed by atoms with Crippen molar-refractivity contribution in [2.24, 2.45) is 9.98 Å². The largest absolute Gasteiger partial charge is 0.352 e. The van der Waals surface area contributed by atoms with Gasteiger partial charge in [0.25, 0.3) is 5.91 Å². The van der Waals surface area contributed by atoms with Gasteiger partial charge in [-0.25, -0.2) is 19.6 Å². The number of benzene rings is 1. The van der Waals surface area contributed by atoms with E-state index in [-0.39, 0.29) is 23.2 Å². The van der Waals surface area contributed by atoms with Gasteiger partial charge < -0.3 is 16.0 Å². The Morgan fingerprint density at radius 1 is 1.26 bits per heavy atom. The number of imide groups is 1. The molecule has 1 saturated carbocycles. The number of halogens is 2. The summed E-state index contributed by atoms with van der Waals surface area (Å²) in [4.78, 5) is 32.3. The molecule has 1 aromatic carbocycles. The van der Waals surface area contributed by atoms with Crippen molar-refractivity contribution >= 4 is 35.5 Å². The van der Waals surface area contributed by atoms with Crippen molar-refractivity contribution in [3.63, 3.8) is 0 Å². The molecule has 160 valence electrons.